The van der Waals surface area contributed by atoms with Gasteiger partial charge in [-0.25, -0.2) is 0 Å². The number of ketones is 1. The van der Waals surface area contributed by atoms with E-state index in [-0.39, 0.29) is 6.17 Å². The van der Waals surface area contributed by atoms with Crippen molar-refractivity contribution < 1.29 is 4.79 Å². The number of hydrogen-bond acceptors (Lipinski definition) is 2. The van der Waals surface area contributed by atoms with Crippen molar-refractivity contribution in [3.05, 3.63) is 24.5 Å². The fourth-order valence-electron chi connectivity index (χ4n) is 1.90. The van der Waals surface area contributed by atoms with Gasteiger partial charge in [-0.15, -0.1) is 0 Å². The average molecular weight is 178 g/mol. The number of carbonyl (C=O) groups is 1. The Balaban J connectivity index is 2.29. The van der Waals surface area contributed by atoms with Gasteiger partial charge in [0.15, 0.2) is 5.78 Å². The topological polar surface area (TPSA) is 25.2 Å². The van der Waals surface area contributed by atoms with Gasteiger partial charge in [-0.2, -0.15) is 0 Å². The number of aromatic nitrogens is 1. The van der Waals surface area contributed by atoms with Crippen LogP contribution in [0.3, 0.4) is 0 Å². The maximum atomic E-state index is 11.6. The molecule has 0 spiro atoms. The highest BCUT2D eigenvalue weighted by Crippen LogP contribution is 2.26. The molecular formula is C10H14N2O. The van der Waals surface area contributed by atoms with Crippen molar-refractivity contribution >= 4 is 5.78 Å². The van der Waals surface area contributed by atoms with Crippen molar-refractivity contribution in [2.24, 2.45) is 0 Å². The molecule has 1 saturated heterocycles. The van der Waals surface area contributed by atoms with Crippen molar-refractivity contribution in [1.29, 1.82) is 0 Å². The lowest BCUT2D eigenvalue weighted by molar-refractivity contribution is -0.121. The van der Waals surface area contributed by atoms with Gasteiger partial charge in [-0.1, -0.05) is 0 Å². The number of Topliss-reactive ketones (excluding diaryl/α,β-unsaturated/α-hetero) is 1. The number of carbonyl (C=O) groups excluding carboxylic acids is 1. The van der Waals surface area contributed by atoms with Crippen molar-refractivity contribution in [2.45, 2.75) is 25.6 Å². The van der Waals surface area contributed by atoms with Crippen LogP contribution in [0.25, 0.3) is 0 Å². The van der Waals surface area contributed by atoms with Crippen LogP contribution in [0.2, 0.25) is 0 Å². The zero-order valence-electron chi connectivity index (χ0n) is 7.97. The molecule has 0 N–H and O–H groups in total. The molecule has 2 unspecified atom stereocenters. The molecule has 0 amide bonds. The Labute approximate surface area is 78.0 Å². The summed E-state index contributed by atoms with van der Waals surface area (Å²) in [6.07, 6.45) is 4.47. The van der Waals surface area contributed by atoms with Crippen LogP contribution in [0, 0.1) is 0 Å². The zero-order valence-corrected chi connectivity index (χ0v) is 7.97. The van der Waals surface area contributed by atoms with Gasteiger partial charge in [-0.05, 0) is 26.1 Å². The van der Waals surface area contributed by atoms with Crippen LogP contribution in [-0.2, 0) is 4.79 Å². The summed E-state index contributed by atoms with van der Waals surface area (Å²) in [6, 6.07) is 4.26. The number of likely N-dealkylation sites (tertiary alicyclic amines) is 1. The van der Waals surface area contributed by atoms with Crippen LogP contribution >= 0.6 is 0 Å². The first-order chi connectivity index (χ1) is 6.20. The second-order valence-electron chi connectivity index (χ2n) is 3.69. The minimum Gasteiger partial charge on any atom is -0.332 e. The first kappa shape index (κ1) is 8.51. The van der Waals surface area contributed by atoms with Crippen LogP contribution in [0.4, 0.5) is 0 Å². The molecule has 0 saturated carbocycles. The van der Waals surface area contributed by atoms with E-state index in [1.807, 2.05) is 36.1 Å². The third kappa shape index (κ3) is 1.29. The van der Waals surface area contributed by atoms with Gasteiger partial charge in [0.25, 0.3) is 0 Å². The summed E-state index contributed by atoms with van der Waals surface area (Å²) in [5.41, 5.74) is 0. The molecule has 0 aromatic carbocycles. The number of hydrogen-bond donors (Lipinski definition) is 0. The Morgan fingerprint density at radius 1 is 1.38 bits per heavy atom. The highest BCUT2D eigenvalue weighted by molar-refractivity contribution is 5.84. The van der Waals surface area contributed by atoms with E-state index < -0.39 is 0 Å². The second-order valence-corrected chi connectivity index (χ2v) is 3.69. The summed E-state index contributed by atoms with van der Waals surface area (Å²) < 4.78 is 1.96. The lowest BCUT2D eigenvalue weighted by atomic mass is 10.2. The molecule has 2 rings (SSSR count). The molecular weight excluding hydrogens is 164 g/mol. The summed E-state index contributed by atoms with van der Waals surface area (Å²) in [7, 11) is 2.00. The average Bonchev–Trinajstić information content (AvgIpc) is 2.63. The normalized spacial score (nSPS) is 29.8. The van der Waals surface area contributed by atoms with Crippen LogP contribution in [0.15, 0.2) is 24.5 Å². The molecule has 0 radical (unpaired) electrons. The molecule has 2 atom stereocenters. The Bertz CT molecular complexity index is 305. The van der Waals surface area contributed by atoms with Crippen LogP contribution in [0.5, 0.6) is 0 Å². The summed E-state index contributed by atoms with van der Waals surface area (Å²) in [4.78, 5) is 13.7. The maximum Gasteiger partial charge on any atom is 0.172 e. The number of nitrogens with zero attached hydrogens (tertiary/aromatic N) is 2. The Morgan fingerprint density at radius 2 is 2.00 bits per heavy atom. The molecule has 0 bridgehead atoms. The van der Waals surface area contributed by atoms with E-state index in [1.54, 1.807) is 0 Å². The molecule has 70 valence electrons. The predicted molar refractivity (Wildman–Crippen MR) is 50.3 cm³/mol. The van der Waals surface area contributed by atoms with E-state index in [0.29, 0.717) is 18.2 Å². The molecule has 1 aliphatic heterocycles. The van der Waals surface area contributed by atoms with Gasteiger partial charge in [0.05, 0.1) is 0 Å². The van der Waals surface area contributed by atoms with Crippen LogP contribution < -0.4 is 0 Å². The summed E-state index contributed by atoms with van der Waals surface area (Å²) in [5.74, 6) is 0.311. The molecule has 1 aromatic heterocycles. The third-order valence-electron chi connectivity index (χ3n) is 2.78. The molecule has 3 heteroatoms. The largest absolute Gasteiger partial charge is 0.332 e. The smallest absolute Gasteiger partial charge is 0.172 e. The van der Waals surface area contributed by atoms with Gasteiger partial charge in [0.1, 0.15) is 6.17 Å². The summed E-state index contributed by atoms with van der Waals surface area (Å²) in [5, 5.41) is 0. The fourth-order valence-corrected chi connectivity index (χ4v) is 1.90. The summed E-state index contributed by atoms with van der Waals surface area (Å²) in [6.45, 7) is 2.08. The Hall–Kier alpha value is -1.09. The lowest BCUT2D eigenvalue weighted by Gasteiger charge is -2.22. The van der Waals surface area contributed by atoms with Crippen molar-refractivity contribution in [3.8, 4) is 0 Å². The SMILES string of the molecule is CC1CC(=O)C(n2cccc2)N1C. The first-order valence-corrected chi connectivity index (χ1v) is 4.57. The predicted octanol–water partition coefficient (Wildman–Crippen LogP) is 1.28. The highest BCUT2D eigenvalue weighted by Gasteiger charge is 2.35. The first-order valence-electron chi connectivity index (χ1n) is 4.57. The fraction of sp³-hybridized carbons (Fsp3) is 0.500. The molecule has 1 aliphatic rings. The van der Waals surface area contributed by atoms with Gasteiger partial charge in [0, 0.05) is 24.9 Å². The zero-order chi connectivity index (χ0) is 9.42. The third-order valence-corrected chi connectivity index (χ3v) is 2.78. The van der Waals surface area contributed by atoms with E-state index in [1.165, 1.54) is 0 Å². The van der Waals surface area contributed by atoms with Gasteiger partial charge in [0.2, 0.25) is 0 Å². The van der Waals surface area contributed by atoms with Gasteiger partial charge < -0.3 is 4.57 Å². The molecule has 0 aliphatic carbocycles. The quantitative estimate of drug-likeness (QED) is 0.647. The van der Waals surface area contributed by atoms with E-state index in [0.717, 1.165) is 0 Å². The number of rotatable bonds is 1. The van der Waals surface area contributed by atoms with Crippen LogP contribution in [-0.4, -0.2) is 28.3 Å². The van der Waals surface area contributed by atoms with Crippen LogP contribution in [0.1, 0.15) is 19.5 Å². The number of likely N-dealkylation sites (N-methyl/N-ethyl adjacent to an activating group) is 1. The standard InChI is InChI=1S/C10H14N2O/c1-8-7-9(13)10(11(8)2)12-5-3-4-6-12/h3-6,8,10H,7H2,1-2H3. The van der Waals surface area contributed by atoms with E-state index >= 15 is 0 Å². The van der Waals surface area contributed by atoms with Gasteiger partial charge >= 0.3 is 0 Å². The van der Waals surface area contributed by atoms with E-state index in [2.05, 4.69) is 11.8 Å². The van der Waals surface area contributed by atoms with E-state index in [9.17, 15) is 4.79 Å². The molecule has 13 heavy (non-hydrogen) atoms. The monoisotopic (exact) mass is 178 g/mol. The van der Waals surface area contributed by atoms with Crippen molar-refractivity contribution in [3.63, 3.8) is 0 Å². The molecule has 2 heterocycles. The molecule has 3 nitrogen and oxygen atoms in total. The maximum absolute atomic E-state index is 11.6. The lowest BCUT2D eigenvalue weighted by Crippen LogP contribution is -2.29. The van der Waals surface area contributed by atoms with Crippen molar-refractivity contribution in [2.75, 3.05) is 7.05 Å². The summed E-state index contributed by atoms with van der Waals surface area (Å²) >= 11 is 0. The molecule has 1 aromatic rings. The van der Waals surface area contributed by atoms with Gasteiger partial charge in [-0.3, -0.25) is 9.69 Å². The highest BCUT2D eigenvalue weighted by atomic mass is 16.1. The van der Waals surface area contributed by atoms with Crippen molar-refractivity contribution in [1.82, 2.24) is 9.47 Å². The minimum absolute atomic E-state index is 0.0787. The second kappa shape index (κ2) is 3.00. The Morgan fingerprint density at radius 3 is 2.46 bits per heavy atom. The Kier molecular flexibility index (Phi) is 1.96. The minimum atomic E-state index is -0.0787. The molecule has 1 fully saturated rings. The van der Waals surface area contributed by atoms with E-state index in [4.69, 9.17) is 0 Å².